The van der Waals surface area contributed by atoms with E-state index in [-0.39, 0.29) is 30.4 Å². The van der Waals surface area contributed by atoms with Gasteiger partial charge in [0.05, 0.1) is 23.7 Å². The Balaban J connectivity index is 1.70. The third-order valence-corrected chi connectivity index (χ3v) is 6.47. The lowest BCUT2D eigenvalue weighted by Crippen LogP contribution is -2.38. The molecule has 0 aliphatic carbocycles. The highest BCUT2D eigenvalue weighted by Crippen LogP contribution is 2.36. The van der Waals surface area contributed by atoms with Gasteiger partial charge in [0.2, 0.25) is 0 Å². The first-order valence-electron chi connectivity index (χ1n) is 10.2. The Bertz CT molecular complexity index is 1150. The highest BCUT2D eigenvalue weighted by atomic mass is 32.2. The number of amides is 2. The molecule has 32 heavy (non-hydrogen) atoms. The number of benzene rings is 2. The van der Waals surface area contributed by atoms with Crippen molar-refractivity contribution >= 4 is 51.9 Å². The van der Waals surface area contributed by atoms with Crippen molar-refractivity contribution < 1.29 is 19.4 Å². The normalized spacial score (nSPS) is 17.4. The molecule has 166 valence electrons. The minimum Gasteiger partial charge on any atom is -0.482 e. The van der Waals surface area contributed by atoms with Crippen molar-refractivity contribution in [3.63, 3.8) is 0 Å². The lowest BCUT2D eigenvalue weighted by Gasteiger charge is -2.30. The van der Waals surface area contributed by atoms with Gasteiger partial charge in [0.1, 0.15) is 10.1 Å². The number of hydrogen-bond acceptors (Lipinski definition) is 6. The monoisotopic (exact) mass is 468 g/mol. The number of nitrogens with one attached hydrogen (secondary N) is 1. The number of anilines is 1. The van der Waals surface area contributed by atoms with Crippen molar-refractivity contribution in [3.05, 3.63) is 63.6 Å². The first-order chi connectivity index (χ1) is 15.1. The number of thiocarbonyl (C=S) groups is 1. The standard InChI is InChI=1S/C24H24N2O4S2/c1-24(2,3)17-7-15(6-16(8-17)12-27)11-26-18-9-14(4-5-19(18)30-13-21(26)28)10-20-22(29)25-23(31)32-20/h4-10,27H,11-13H2,1-3H3,(H,25,29,31)/b20-10+. The van der Waals surface area contributed by atoms with Crippen LogP contribution < -0.4 is 15.0 Å². The highest BCUT2D eigenvalue weighted by molar-refractivity contribution is 8.26. The molecule has 0 aromatic heterocycles. The summed E-state index contributed by atoms with van der Waals surface area (Å²) in [4.78, 5) is 27.0. The van der Waals surface area contributed by atoms with Gasteiger partial charge < -0.3 is 20.1 Å². The lowest BCUT2D eigenvalue weighted by molar-refractivity contribution is -0.121. The van der Waals surface area contributed by atoms with Gasteiger partial charge in [0.15, 0.2) is 6.61 Å². The maximum Gasteiger partial charge on any atom is 0.265 e. The number of carbonyl (C=O) groups excluding carboxylic acids is 2. The Morgan fingerprint density at radius 2 is 1.94 bits per heavy atom. The van der Waals surface area contributed by atoms with Crippen LogP contribution in [0.15, 0.2) is 41.3 Å². The molecule has 6 nitrogen and oxygen atoms in total. The van der Waals surface area contributed by atoms with Crippen molar-refractivity contribution in [2.45, 2.75) is 39.3 Å². The number of nitrogens with zero attached hydrogens (tertiary/aromatic N) is 1. The zero-order valence-electron chi connectivity index (χ0n) is 18.1. The van der Waals surface area contributed by atoms with Crippen LogP contribution in [0, 0.1) is 0 Å². The first-order valence-corrected chi connectivity index (χ1v) is 11.4. The maximum atomic E-state index is 12.8. The third kappa shape index (κ3) is 4.72. The van der Waals surface area contributed by atoms with E-state index in [0.717, 1.165) is 22.3 Å². The molecule has 4 rings (SSSR count). The second-order valence-electron chi connectivity index (χ2n) is 8.79. The molecule has 8 heteroatoms. The molecule has 2 aromatic rings. The molecule has 0 saturated carbocycles. The van der Waals surface area contributed by atoms with E-state index >= 15 is 0 Å². The minimum atomic E-state index is -0.225. The number of thioether (sulfide) groups is 1. The van der Waals surface area contributed by atoms with Gasteiger partial charge in [-0.3, -0.25) is 9.59 Å². The fourth-order valence-corrected chi connectivity index (χ4v) is 4.66. The molecule has 2 aliphatic heterocycles. The number of hydrogen-bond donors (Lipinski definition) is 2. The quantitative estimate of drug-likeness (QED) is 0.524. The van der Waals surface area contributed by atoms with Crippen LogP contribution in [0.3, 0.4) is 0 Å². The average Bonchev–Trinajstić information content (AvgIpc) is 3.06. The van der Waals surface area contributed by atoms with Gasteiger partial charge in [-0.25, -0.2) is 0 Å². The summed E-state index contributed by atoms with van der Waals surface area (Å²) in [5.41, 5.74) is 4.17. The number of fused-ring (bicyclic) bond motifs is 1. The molecule has 2 heterocycles. The number of ether oxygens (including phenoxy) is 1. The van der Waals surface area contributed by atoms with Gasteiger partial charge in [-0.1, -0.05) is 69.0 Å². The summed E-state index contributed by atoms with van der Waals surface area (Å²) in [6, 6.07) is 11.5. The molecule has 1 saturated heterocycles. The predicted molar refractivity (Wildman–Crippen MR) is 131 cm³/mol. The Hall–Kier alpha value is -2.68. The molecular weight excluding hydrogens is 444 g/mol. The summed E-state index contributed by atoms with van der Waals surface area (Å²) in [6.45, 7) is 6.60. The molecule has 0 atom stereocenters. The summed E-state index contributed by atoms with van der Waals surface area (Å²) in [5.74, 6) is 0.237. The van der Waals surface area contributed by atoms with Gasteiger partial charge in [-0.05, 0) is 45.9 Å². The molecule has 2 aromatic carbocycles. The van der Waals surface area contributed by atoms with Gasteiger partial charge >= 0.3 is 0 Å². The zero-order chi connectivity index (χ0) is 23.0. The molecule has 1 fully saturated rings. The molecule has 0 unspecified atom stereocenters. The van der Waals surface area contributed by atoms with Crippen molar-refractivity contribution in [2.24, 2.45) is 0 Å². The maximum absolute atomic E-state index is 12.8. The Morgan fingerprint density at radius 1 is 1.19 bits per heavy atom. The van der Waals surface area contributed by atoms with Crippen LogP contribution in [-0.2, 0) is 28.2 Å². The largest absolute Gasteiger partial charge is 0.482 e. The Morgan fingerprint density at radius 3 is 2.59 bits per heavy atom. The van der Waals surface area contributed by atoms with Crippen molar-refractivity contribution in [2.75, 3.05) is 11.5 Å². The summed E-state index contributed by atoms with van der Waals surface area (Å²) in [7, 11) is 0. The van der Waals surface area contributed by atoms with E-state index in [1.807, 2.05) is 30.3 Å². The topological polar surface area (TPSA) is 78.9 Å². The summed E-state index contributed by atoms with van der Waals surface area (Å²) in [5, 5.41) is 12.3. The fourth-order valence-electron chi connectivity index (χ4n) is 3.62. The van der Waals surface area contributed by atoms with E-state index in [1.165, 1.54) is 11.8 Å². The summed E-state index contributed by atoms with van der Waals surface area (Å²) >= 11 is 6.26. The average molecular weight is 469 g/mol. The van der Waals surface area contributed by atoms with Gasteiger partial charge in [-0.2, -0.15) is 0 Å². The first kappa shape index (κ1) is 22.5. The molecule has 0 radical (unpaired) electrons. The van der Waals surface area contributed by atoms with Crippen LogP contribution in [0.25, 0.3) is 6.08 Å². The van der Waals surface area contributed by atoms with E-state index in [9.17, 15) is 14.7 Å². The van der Waals surface area contributed by atoms with Gasteiger partial charge in [0.25, 0.3) is 11.8 Å². The van der Waals surface area contributed by atoms with E-state index in [0.29, 0.717) is 27.2 Å². The Kier molecular flexibility index (Phi) is 6.11. The number of aliphatic hydroxyl groups excluding tert-OH is 1. The second-order valence-corrected chi connectivity index (χ2v) is 10.5. The molecule has 2 aliphatic rings. The van der Waals surface area contributed by atoms with Gasteiger partial charge in [-0.15, -0.1) is 0 Å². The van der Waals surface area contributed by atoms with Crippen LogP contribution in [0.4, 0.5) is 5.69 Å². The molecule has 0 bridgehead atoms. The fraction of sp³-hybridized carbons (Fsp3) is 0.292. The van der Waals surface area contributed by atoms with Crippen molar-refractivity contribution in [1.82, 2.24) is 5.32 Å². The SMILES string of the molecule is CC(C)(C)c1cc(CO)cc(CN2C(=O)COc3ccc(/C=C4/SC(=S)NC4=O)cc32)c1. The van der Waals surface area contributed by atoms with E-state index in [1.54, 1.807) is 11.0 Å². The number of rotatable bonds is 4. The molecule has 2 N–H and O–H groups in total. The molecule has 0 spiro atoms. The van der Waals surface area contributed by atoms with Crippen molar-refractivity contribution in [3.8, 4) is 5.75 Å². The van der Waals surface area contributed by atoms with E-state index < -0.39 is 0 Å². The number of aliphatic hydroxyl groups is 1. The van der Waals surface area contributed by atoms with Crippen LogP contribution in [-0.4, -0.2) is 27.8 Å². The second kappa shape index (κ2) is 8.69. The van der Waals surface area contributed by atoms with Crippen LogP contribution in [0.1, 0.15) is 43.0 Å². The van der Waals surface area contributed by atoms with E-state index in [2.05, 4.69) is 32.2 Å². The third-order valence-electron chi connectivity index (χ3n) is 5.31. The molecule has 2 amide bonds. The number of carbonyl (C=O) groups is 2. The van der Waals surface area contributed by atoms with E-state index in [4.69, 9.17) is 17.0 Å². The highest BCUT2D eigenvalue weighted by Gasteiger charge is 2.27. The van der Waals surface area contributed by atoms with Crippen LogP contribution in [0.2, 0.25) is 0 Å². The minimum absolute atomic E-state index is 0.0359. The summed E-state index contributed by atoms with van der Waals surface area (Å²) in [6.07, 6.45) is 1.75. The summed E-state index contributed by atoms with van der Waals surface area (Å²) < 4.78 is 6.06. The molecular formula is C24H24N2O4S2. The van der Waals surface area contributed by atoms with Gasteiger partial charge in [0, 0.05) is 0 Å². The zero-order valence-corrected chi connectivity index (χ0v) is 19.7. The van der Waals surface area contributed by atoms with Crippen LogP contribution >= 0.6 is 24.0 Å². The Labute approximate surface area is 196 Å². The van der Waals surface area contributed by atoms with Crippen LogP contribution in [0.5, 0.6) is 5.75 Å². The smallest absolute Gasteiger partial charge is 0.265 e. The van der Waals surface area contributed by atoms with Crippen molar-refractivity contribution in [1.29, 1.82) is 0 Å². The lowest BCUT2D eigenvalue weighted by atomic mass is 9.85. The predicted octanol–water partition coefficient (Wildman–Crippen LogP) is 3.89.